The van der Waals surface area contributed by atoms with Gasteiger partial charge in [-0.15, -0.1) is 0 Å². The van der Waals surface area contributed by atoms with Crippen molar-refractivity contribution < 1.29 is 23.1 Å². The van der Waals surface area contributed by atoms with E-state index in [-0.39, 0.29) is 25.9 Å². The van der Waals surface area contributed by atoms with Gasteiger partial charge in [-0.2, -0.15) is 18.4 Å². The molecule has 0 bridgehead atoms. The van der Waals surface area contributed by atoms with E-state index in [2.05, 4.69) is 0 Å². The van der Waals surface area contributed by atoms with Gasteiger partial charge in [-0.05, 0) is 0 Å². The molecule has 90 valence electrons. The summed E-state index contributed by atoms with van der Waals surface area (Å²) in [5.41, 5.74) is -1.50. The van der Waals surface area contributed by atoms with Crippen molar-refractivity contribution in [3.05, 3.63) is 0 Å². The Labute approximate surface area is 90.3 Å². The Balaban J connectivity index is 2.49. The molecule has 1 fully saturated rings. The molecule has 1 rings (SSSR count). The van der Waals surface area contributed by atoms with Crippen molar-refractivity contribution >= 4 is 5.91 Å². The van der Waals surface area contributed by atoms with Crippen LogP contribution in [0.15, 0.2) is 0 Å². The minimum Gasteiger partial charge on any atom is -0.375 e. The van der Waals surface area contributed by atoms with Gasteiger partial charge >= 0.3 is 6.18 Å². The first-order valence-electron chi connectivity index (χ1n) is 4.74. The third-order valence-electron chi connectivity index (χ3n) is 2.50. The highest BCUT2D eigenvalue weighted by Gasteiger charge is 2.38. The van der Waals surface area contributed by atoms with E-state index in [0.717, 1.165) is 4.90 Å². The number of hydrogen-bond acceptors (Lipinski definition) is 3. The fraction of sp³-hybridized carbons (Fsp3) is 0.778. The topological polar surface area (TPSA) is 64.3 Å². The van der Waals surface area contributed by atoms with Crippen LogP contribution in [-0.4, -0.2) is 40.8 Å². The number of aliphatic hydroxyl groups is 1. The predicted molar refractivity (Wildman–Crippen MR) is 47.0 cm³/mol. The number of nitrogens with zero attached hydrogens (tertiary/aromatic N) is 2. The highest BCUT2D eigenvalue weighted by molar-refractivity contribution is 5.77. The lowest BCUT2D eigenvalue weighted by molar-refractivity contribution is -0.163. The van der Waals surface area contributed by atoms with E-state index < -0.39 is 24.1 Å². The van der Waals surface area contributed by atoms with Crippen LogP contribution in [-0.2, 0) is 4.79 Å². The summed E-state index contributed by atoms with van der Waals surface area (Å²) in [5, 5.41) is 18.1. The Morgan fingerprint density at radius 2 is 1.94 bits per heavy atom. The molecule has 1 aliphatic rings. The third-order valence-corrected chi connectivity index (χ3v) is 2.50. The molecule has 0 unspecified atom stereocenters. The molecule has 7 heteroatoms. The van der Waals surface area contributed by atoms with Gasteiger partial charge in [-0.3, -0.25) is 4.79 Å². The summed E-state index contributed by atoms with van der Waals surface area (Å²) < 4.78 is 35.8. The summed E-state index contributed by atoms with van der Waals surface area (Å²) in [6.07, 6.45) is -6.02. The van der Waals surface area contributed by atoms with Gasteiger partial charge in [0.1, 0.15) is 6.42 Å². The molecule has 1 heterocycles. The number of amides is 1. The second-order valence-corrected chi connectivity index (χ2v) is 3.82. The highest BCUT2D eigenvalue weighted by atomic mass is 19.4. The summed E-state index contributed by atoms with van der Waals surface area (Å²) in [7, 11) is 0. The average molecular weight is 236 g/mol. The first-order chi connectivity index (χ1) is 7.26. The number of carbonyl (C=O) groups excluding carboxylic acids is 1. The molecule has 0 saturated carbocycles. The largest absolute Gasteiger partial charge is 0.397 e. The Morgan fingerprint density at radius 1 is 1.44 bits per heavy atom. The molecule has 0 aliphatic carbocycles. The number of likely N-dealkylation sites (tertiary alicyclic amines) is 1. The van der Waals surface area contributed by atoms with Crippen molar-refractivity contribution in [2.75, 3.05) is 13.1 Å². The second-order valence-electron chi connectivity index (χ2n) is 3.82. The Kier molecular flexibility index (Phi) is 3.43. The van der Waals surface area contributed by atoms with Crippen molar-refractivity contribution in [3.8, 4) is 6.07 Å². The van der Waals surface area contributed by atoms with Gasteiger partial charge in [-0.25, -0.2) is 0 Å². The normalized spacial score (nSPS) is 20.3. The standard InChI is InChI=1S/C9H11F3N2O2/c10-9(11,12)5-7(15)14-3-1-8(16,6-13)2-4-14/h16H,1-5H2. The average Bonchev–Trinajstić information content (AvgIpc) is 2.16. The lowest BCUT2D eigenvalue weighted by atomic mass is 9.93. The molecule has 1 saturated heterocycles. The van der Waals surface area contributed by atoms with Crippen molar-refractivity contribution in [2.45, 2.75) is 31.0 Å². The van der Waals surface area contributed by atoms with Crippen molar-refractivity contribution in [1.82, 2.24) is 4.90 Å². The van der Waals surface area contributed by atoms with E-state index in [9.17, 15) is 23.1 Å². The summed E-state index contributed by atoms with van der Waals surface area (Å²) in [4.78, 5) is 12.2. The Hall–Kier alpha value is -1.29. The zero-order valence-electron chi connectivity index (χ0n) is 8.42. The maximum Gasteiger partial charge on any atom is 0.397 e. The first kappa shape index (κ1) is 12.8. The maximum absolute atomic E-state index is 11.9. The van der Waals surface area contributed by atoms with Crippen LogP contribution in [0.2, 0.25) is 0 Å². The second kappa shape index (κ2) is 4.29. The Bertz CT molecular complexity index is 314. The molecule has 4 nitrogen and oxygen atoms in total. The predicted octanol–water partition coefficient (Wildman–Crippen LogP) is 0.816. The molecule has 0 aromatic rings. The van der Waals surface area contributed by atoms with Crippen LogP contribution in [0.25, 0.3) is 0 Å². The summed E-state index contributed by atoms with van der Waals surface area (Å²) in [6, 6.07) is 1.68. The van der Waals surface area contributed by atoms with Crippen LogP contribution in [0.3, 0.4) is 0 Å². The maximum atomic E-state index is 11.9. The van der Waals surface area contributed by atoms with Gasteiger partial charge in [0.05, 0.1) is 6.07 Å². The van der Waals surface area contributed by atoms with Gasteiger partial charge in [-0.1, -0.05) is 0 Å². The number of halogens is 3. The van der Waals surface area contributed by atoms with E-state index in [1.54, 1.807) is 6.07 Å². The number of nitriles is 1. The molecule has 0 radical (unpaired) electrons. The Morgan fingerprint density at radius 3 is 2.31 bits per heavy atom. The number of alkyl halides is 3. The third kappa shape index (κ3) is 3.38. The minimum absolute atomic E-state index is 0.00685. The summed E-state index contributed by atoms with van der Waals surface area (Å²) in [5.74, 6) is -1.01. The fourth-order valence-electron chi connectivity index (χ4n) is 1.52. The van der Waals surface area contributed by atoms with E-state index in [4.69, 9.17) is 5.26 Å². The molecule has 0 spiro atoms. The van der Waals surface area contributed by atoms with Gasteiger partial charge in [0.15, 0.2) is 5.60 Å². The van der Waals surface area contributed by atoms with Gasteiger partial charge in [0, 0.05) is 25.9 Å². The van der Waals surface area contributed by atoms with Crippen LogP contribution in [0, 0.1) is 11.3 Å². The zero-order chi connectivity index (χ0) is 12.4. The lowest BCUT2D eigenvalue weighted by Gasteiger charge is -2.34. The van der Waals surface area contributed by atoms with Gasteiger partial charge < -0.3 is 10.0 Å². The molecule has 0 atom stereocenters. The van der Waals surface area contributed by atoms with Crippen molar-refractivity contribution in [3.63, 3.8) is 0 Å². The summed E-state index contributed by atoms with van der Waals surface area (Å²) in [6.45, 7) is -0.0298. The summed E-state index contributed by atoms with van der Waals surface area (Å²) >= 11 is 0. The number of piperidine rings is 1. The zero-order valence-corrected chi connectivity index (χ0v) is 8.42. The minimum atomic E-state index is -4.51. The van der Waals surface area contributed by atoms with Crippen molar-refractivity contribution in [2.24, 2.45) is 0 Å². The molecular formula is C9H11F3N2O2. The molecule has 1 N–H and O–H groups in total. The molecular weight excluding hydrogens is 225 g/mol. The van der Waals surface area contributed by atoms with Crippen molar-refractivity contribution in [1.29, 1.82) is 5.26 Å². The van der Waals surface area contributed by atoms with E-state index >= 15 is 0 Å². The highest BCUT2D eigenvalue weighted by Crippen LogP contribution is 2.25. The van der Waals surface area contributed by atoms with Gasteiger partial charge in [0.25, 0.3) is 0 Å². The monoisotopic (exact) mass is 236 g/mol. The van der Waals surface area contributed by atoms with E-state index in [1.165, 1.54) is 0 Å². The van der Waals surface area contributed by atoms with E-state index in [0.29, 0.717) is 0 Å². The fourth-order valence-corrected chi connectivity index (χ4v) is 1.52. The molecule has 1 aliphatic heterocycles. The van der Waals surface area contributed by atoms with Crippen LogP contribution in [0.4, 0.5) is 13.2 Å². The van der Waals surface area contributed by atoms with Crippen LogP contribution in [0.1, 0.15) is 19.3 Å². The lowest BCUT2D eigenvalue weighted by Crippen LogP contribution is -2.46. The smallest absolute Gasteiger partial charge is 0.375 e. The number of hydrogen-bond donors (Lipinski definition) is 1. The van der Waals surface area contributed by atoms with E-state index in [1.807, 2.05) is 0 Å². The number of carbonyl (C=O) groups is 1. The van der Waals surface area contributed by atoms with Crippen LogP contribution >= 0.6 is 0 Å². The molecule has 16 heavy (non-hydrogen) atoms. The molecule has 0 aromatic carbocycles. The first-order valence-corrected chi connectivity index (χ1v) is 4.74. The SMILES string of the molecule is N#CC1(O)CCN(C(=O)CC(F)(F)F)CC1. The van der Waals surface area contributed by atoms with Crippen LogP contribution < -0.4 is 0 Å². The van der Waals surface area contributed by atoms with Crippen LogP contribution in [0.5, 0.6) is 0 Å². The molecule has 1 amide bonds. The quantitative estimate of drug-likeness (QED) is 0.685. The van der Waals surface area contributed by atoms with Gasteiger partial charge in [0.2, 0.25) is 5.91 Å². The number of rotatable bonds is 1. The molecule has 0 aromatic heterocycles.